The fourth-order valence-corrected chi connectivity index (χ4v) is 4.24. The summed E-state index contributed by atoms with van der Waals surface area (Å²) in [6.45, 7) is 4.16. The maximum absolute atomic E-state index is 12.9. The molecule has 1 saturated heterocycles. The molecule has 0 spiro atoms. The van der Waals surface area contributed by atoms with E-state index in [2.05, 4.69) is 10.6 Å². The average molecular weight is 416 g/mol. The number of nitrogens with one attached hydrogen (secondary N) is 2. The number of nitrogens with zero attached hydrogens (tertiary/aromatic N) is 1. The number of carbonyl (C=O) groups excluding carboxylic acids is 3. The van der Waals surface area contributed by atoms with E-state index in [9.17, 15) is 14.4 Å². The van der Waals surface area contributed by atoms with Crippen LogP contribution in [0.5, 0.6) is 5.75 Å². The Balaban J connectivity index is 1.60. The van der Waals surface area contributed by atoms with Crippen molar-refractivity contribution in [2.75, 3.05) is 18.6 Å². The highest BCUT2D eigenvalue weighted by molar-refractivity contribution is 6.01. The fourth-order valence-electron chi connectivity index (χ4n) is 4.24. The van der Waals surface area contributed by atoms with Gasteiger partial charge in [0.1, 0.15) is 11.8 Å². The molecule has 3 rings (SSSR count). The van der Waals surface area contributed by atoms with Crippen LogP contribution in [0.3, 0.4) is 0 Å². The molecule has 2 N–H and O–H groups in total. The van der Waals surface area contributed by atoms with E-state index in [1.807, 2.05) is 26.0 Å². The summed E-state index contributed by atoms with van der Waals surface area (Å²) in [5.41, 5.74) is 0.742. The van der Waals surface area contributed by atoms with Crippen molar-refractivity contribution >= 4 is 23.4 Å². The second-order valence-corrected chi connectivity index (χ2v) is 8.68. The van der Waals surface area contributed by atoms with E-state index in [-0.39, 0.29) is 36.1 Å². The number of methoxy groups -OCH3 is 1. The summed E-state index contributed by atoms with van der Waals surface area (Å²) in [5, 5.41) is 6.02. The smallest absolute Gasteiger partial charge is 0.243 e. The molecule has 2 fully saturated rings. The molecular weight excluding hydrogens is 382 g/mol. The molecule has 2 aliphatic rings. The van der Waals surface area contributed by atoms with E-state index < -0.39 is 12.0 Å². The molecule has 164 valence electrons. The summed E-state index contributed by atoms with van der Waals surface area (Å²) >= 11 is 0. The van der Waals surface area contributed by atoms with Gasteiger partial charge >= 0.3 is 0 Å². The third kappa shape index (κ3) is 5.32. The molecule has 3 amide bonds. The second-order valence-electron chi connectivity index (χ2n) is 8.68. The normalized spacial score (nSPS) is 20.9. The van der Waals surface area contributed by atoms with Gasteiger partial charge in [-0.15, -0.1) is 0 Å². The Morgan fingerprint density at radius 2 is 1.77 bits per heavy atom. The van der Waals surface area contributed by atoms with Crippen LogP contribution in [0, 0.1) is 11.8 Å². The van der Waals surface area contributed by atoms with Crippen LogP contribution in [0.25, 0.3) is 0 Å². The van der Waals surface area contributed by atoms with E-state index in [1.165, 1.54) is 6.42 Å². The van der Waals surface area contributed by atoms with Gasteiger partial charge in [-0.3, -0.25) is 14.4 Å². The molecule has 1 aromatic rings. The Bertz CT molecular complexity index is 756. The summed E-state index contributed by atoms with van der Waals surface area (Å²) in [6.07, 6.45) is 5.63. The minimum atomic E-state index is -0.593. The Morgan fingerprint density at radius 1 is 1.10 bits per heavy atom. The molecule has 7 heteroatoms. The number of amides is 3. The Labute approximate surface area is 178 Å². The Morgan fingerprint density at radius 3 is 2.37 bits per heavy atom. The first-order chi connectivity index (χ1) is 14.4. The minimum absolute atomic E-state index is 0.0349. The SMILES string of the molecule is COc1ccc(N2C[C@H](C(=O)N[C@H](C(=O)NC3CCCCC3)C(C)C)CC2=O)cc1. The van der Waals surface area contributed by atoms with Crippen LogP contribution in [-0.2, 0) is 14.4 Å². The van der Waals surface area contributed by atoms with Gasteiger partial charge in [0, 0.05) is 24.7 Å². The van der Waals surface area contributed by atoms with Gasteiger partial charge in [-0.2, -0.15) is 0 Å². The summed E-state index contributed by atoms with van der Waals surface area (Å²) in [5.74, 6) is -0.245. The number of ether oxygens (including phenoxy) is 1. The number of hydrogen-bond donors (Lipinski definition) is 2. The topological polar surface area (TPSA) is 87.7 Å². The highest BCUT2D eigenvalue weighted by Gasteiger charge is 2.37. The van der Waals surface area contributed by atoms with Crippen molar-refractivity contribution in [1.82, 2.24) is 10.6 Å². The van der Waals surface area contributed by atoms with E-state index >= 15 is 0 Å². The van der Waals surface area contributed by atoms with Crippen LogP contribution in [0.2, 0.25) is 0 Å². The van der Waals surface area contributed by atoms with E-state index in [0.717, 1.165) is 31.4 Å². The number of hydrogen-bond acceptors (Lipinski definition) is 4. The fraction of sp³-hybridized carbons (Fsp3) is 0.609. The molecule has 2 atom stereocenters. The second kappa shape index (κ2) is 9.96. The molecule has 0 radical (unpaired) electrons. The van der Waals surface area contributed by atoms with Gasteiger partial charge in [0.15, 0.2) is 0 Å². The maximum Gasteiger partial charge on any atom is 0.243 e. The lowest BCUT2D eigenvalue weighted by Gasteiger charge is -2.28. The molecule has 30 heavy (non-hydrogen) atoms. The summed E-state index contributed by atoms with van der Waals surface area (Å²) in [4.78, 5) is 39.8. The van der Waals surface area contributed by atoms with Crippen LogP contribution < -0.4 is 20.3 Å². The van der Waals surface area contributed by atoms with Crippen molar-refractivity contribution in [3.63, 3.8) is 0 Å². The van der Waals surface area contributed by atoms with E-state index in [0.29, 0.717) is 12.3 Å². The van der Waals surface area contributed by atoms with Crippen molar-refractivity contribution < 1.29 is 19.1 Å². The maximum atomic E-state index is 12.9. The van der Waals surface area contributed by atoms with Crippen LogP contribution in [-0.4, -0.2) is 43.5 Å². The van der Waals surface area contributed by atoms with Gasteiger partial charge in [-0.25, -0.2) is 0 Å². The monoisotopic (exact) mass is 415 g/mol. The van der Waals surface area contributed by atoms with Crippen molar-refractivity contribution in [3.8, 4) is 5.75 Å². The first kappa shape index (κ1) is 22.1. The third-order valence-electron chi connectivity index (χ3n) is 6.08. The lowest BCUT2D eigenvalue weighted by atomic mass is 9.94. The largest absolute Gasteiger partial charge is 0.497 e. The van der Waals surface area contributed by atoms with Crippen molar-refractivity contribution in [2.24, 2.45) is 11.8 Å². The third-order valence-corrected chi connectivity index (χ3v) is 6.08. The molecule has 0 unspecified atom stereocenters. The van der Waals surface area contributed by atoms with Gasteiger partial charge in [0.2, 0.25) is 17.7 Å². The molecule has 1 aromatic carbocycles. The molecule has 0 aromatic heterocycles. The first-order valence-corrected chi connectivity index (χ1v) is 10.9. The zero-order valence-electron chi connectivity index (χ0n) is 18.1. The average Bonchev–Trinajstić information content (AvgIpc) is 3.14. The molecule has 7 nitrogen and oxygen atoms in total. The van der Waals surface area contributed by atoms with Crippen LogP contribution in [0.4, 0.5) is 5.69 Å². The van der Waals surface area contributed by atoms with Crippen molar-refractivity contribution in [2.45, 2.75) is 64.5 Å². The quantitative estimate of drug-likeness (QED) is 0.717. The molecule has 1 heterocycles. The first-order valence-electron chi connectivity index (χ1n) is 10.9. The number of carbonyl (C=O) groups is 3. The highest BCUT2D eigenvalue weighted by Crippen LogP contribution is 2.27. The molecule has 1 saturated carbocycles. The van der Waals surface area contributed by atoms with Crippen molar-refractivity contribution in [3.05, 3.63) is 24.3 Å². The predicted octanol–water partition coefficient (Wildman–Crippen LogP) is 2.64. The summed E-state index contributed by atoms with van der Waals surface area (Å²) < 4.78 is 5.16. The van der Waals surface area contributed by atoms with Crippen LogP contribution >= 0.6 is 0 Å². The van der Waals surface area contributed by atoms with Gasteiger partial charge in [-0.1, -0.05) is 33.1 Å². The number of anilines is 1. The predicted molar refractivity (Wildman–Crippen MR) is 115 cm³/mol. The molecule has 1 aliphatic carbocycles. The van der Waals surface area contributed by atoms with Crippen LogP contribution in [0.15, 0.2) is 24.3 Å². The van der Waals surface area contributed by atoms with Crippen LogP contribution in [0.1, 0.15) is 52.4 Å². The standard InChI is InChI=1S/C23H33N3O4/c1-15(2)21(23(29)24-17-7-5-4-6-8-17)25-22(28)16-13-20(27)26(14-16)18-9-11-19(30-3)12-10-18/h9-12,15-17,21H,4-8,13-14H2,1-3H3,(H,24,29)(H,25,28)/t16-,21+/m1/s1. The van der Waals surface area contributed by atoms with Crippen molar-refractivity contribution in [1.29, 1.82) is 0 Å². The minimum Gasteiger partial charge on any atom is -0.497 e. The van der Waals surface area contributed by atoms with Gasteiger partial charge < -0.3 is 20.3 Å². The highest BCUT2D eigenvalue weighted by atomic mass is 16.5. The van der Waals surface area contributed by atoms with E-state index in [1.54, 1.807) is 24.1 Å². The summed E-state index contributed by atoms with van der Waals surface area (Å²) in [7, 11) is 1.59. The number of benzene rings is 1. The Kier molecular flexibility index (Phi) is 7.34. The molecular formula is C23H33N3O4. The van der Waals surface area contributed by atoms with Gasteiger partial charge in [0.05, 0.1) is 13.0 Å². The van der Waals surface area contributed by atoms with Gasteiger partial charge in [0.25, 0.3) is 0 Å². The number of rotatable bonds is 7. The van der Waals surface area contributed by atoms with E-state index in [4.69, 9.17) is 4.74 Å². The molecule has 1 aliphatic heterocycles. The summed E-state index contributed by atoms with van der Waals surface area (Å²) in [6, 6.07) is 6.81. The zero-order chi connectivity index (χ0) is 21.7. The van der Waals surface area contributed by atoms with Gasteiger partial charge in [-0.05, 0) is 43.0 Å². The molecule has 0 bridgehead atoms. The lowest BCUT2D eigenvalue weighted by molar-refractivity contribution is -0.132. The zero-order valence-corrected chi connectivity index (χ0v) is 18.1. The Hall–Kier alpha value is -2.57. The lowest BCUT2D eigenvalue weighted by Crippen LogP contribution is -2.53.